The molecule has 0 radical (unpaired) electrons. The molecule has 0 saturated carbocycles. The number of hydrogen-bond donors (Lipinski definition) is 2. The lowest BCUT2D eigenvalue weighted by Gasteiger charge is -2.08. The van der Waals surface area contributed by atoms with Crippen LogP contribution in [0, 0.1) is 0 Å². The fraction of sp³-hybridized carbons (Fsp3) is 0.208. The summed E-state index contributed by atoms with van der Waals surface area (Å²) in [5.74, 6) is -0.817. The zero-order valence-corrected chi connectivity index (χ0v) is 19.1. The maximum Gasteiger partial charge on any atom is 0.341 e. The number of hydrogen-bond acceptors (Lipinski definition) is 7. The lowest BCUT2D eigenvalue weighted by Crippen LogP contribution is -2.14. The van der Waals surface area contributed by atoms with Crippen LogP contribution in [0.15, 0.2) is 41.8 Å². The van der Waals surface area contributed by atoms with Crippen LogP contribution in [0.4, 0.5) is 10.7 Å². The van der Waals surface area contributed by atoms with Crippen molar-refractivity contribution in [3.63, 3.8) is 0 Å². The van der Waals surface area contributed by atoms with Gasteiger partial charge in [0.15, 0.2) is 0 Å². The summed E-state index contributed by atoms with van der Waals surface area (Å²) in [6, 6.07) is 11.6. The first-order valence-corrected chi connectivity index (χ1v) is 12.1. The zero-order chi connectivity index (χ0) is 22.2. The van der Waals surface area contributed by atoms with E-state index in [1.165, 1.54) is 28.2 Å². The monoisotopic (exact) mass is 463 g/mol. The molecule has 0 fully saturated rings. The Morgan fingerprint density at radius 1 is 1.22 bits per heavy atom. The van der Waals surface area contributed by atoms with E-state index in [-0.39, 0.29) is 12.5 Å². The van der Waals surface area contributed by atoms with Crippen molar-refractivity contribution in [2.45, 2.75) is 26.2 Å². The highest BCUT2D eigenvalue weighted by molar-refractivity contribution is 7.21. The van der Waals surface area contributed by atoms with Gasteiger partial charge in [0.25, 0.3) is 5.91 Å². The fourth-order valence-corrected chi connectivity index (χ4v) is 5.96. The molecular weight excluding hydrogens is 442 g/mol. The van der Waals surface area contributed by atoms with Crippen LogP contribution in [0.1, 0.15) is 44.6 Å². The number of thiophene rings is 2. The Morgan fingerprint density at radius 3 is 2.81 bits per heavy atom. The summed E-state index contributed by atoms with van der Waals surface area (Å²) in [4.78, 5) is 31.8. The number of esters is 1. The zero-order valence-electron chi connectivity index (χ0n) is 17.4. The number of fused-ring (bicyclic) bond motifs is 2. The van der Waals surface area contributed by atoms with Crippen molar-refractivity contribution in [1.82, 2.24) is 4.98 Å². The Morgan fingerprint density at radius 2 is 2.03 bits per heavy atom. The van der Waals surface area contributed by atoms with Gasteiger partial charge in [0.05, 0.1) is 12.3 Å². The number of rotatable bonds is 5. The summed E-state index contributed by atoms with van der Waals surface area (Å²) >= 11 is 2.58. The number of aryl methyl sites for hydroxylation is 2. The molecule has 1 aliphatic carbocycles. The summed E-state index contributed by atoms with van der Waals surface area (Å²) in [6.07, 6.45) is 3.06. The number of carbonyl (C=O) groups is 2. The van der Waals surface area contributed by atoms with Gasteiger partial charge in [-0.2, -0.15) is 0 Å². The van der Waals surface area contributed by atoms with E-state index in [9.17, 15) is 9.59 Å². The molecule has 3 heterocycles. The number of nitrogens with two attached hydrogens (primary N) is 1. The first kappa shape index (κ1) is 20.7. The number of benzene rings is 1. The molecule has 1 aliphatic rings. The molecule has 32 heavy (non-hydrogen) atoms. The van der Waals surface area contributed by atoms with Gasteiger partial charge in [-0.05, 0) is 43.4 Å². The van der Waals surface area contributed by atoms with Gasteiger partial charge in [-0.1, -0.05) is 30.3 Å². The molecule has 8 heteroatoms. The van der Waals surface area contributed by atoms with E-state index in [0.29, 0.717) is 21.1 Å². The van der Waals surface area contributed by atoms with E-state index in [0.717, 1.165) is 46.3 Å². The van der Waals surface area contributed by atoms with Crippen LogP contribution >= 0.6 is 22.7 Å². The van der Waals surface area contributed by atoms with Gasteiger partial charge in [-0.15, -0.1) is 22.7 Å². The molecule has 3 aromatic heterocycles. The van der Waals surface area contributed by atoms with E-state index >= 15 is 0 Å². The summed E-state index contributed by atoms with van der Waals surface area (Å²) in [6.45, 7) is 2.00. The Bertz CT molecular complexity index is 1340. The minimum absolute atomic E-state index is 0.246. The van der Waals surface area contributed by atoms with Crippen molar-refractivity contribution in [3.05, 3.63) is 63.5 Å². The maximum atomic E-state index is 13.2. The third-order valence-corrected chi connectivity index (χ3v) is 7.55. The number of aromatic nitrogens is 1. The van der Waals surface area contributed by atoms with Gasteiger partial charge in [-0.25, -0.2) is 9.78 Å². The standard InChI is InChI=1S/C24H21N3O3S2/c1-2-30-24(29)18-16(13-7-4-3-5-8-13)12-31-23(18)27-21(28)20-19(25)15-11-14-9-6-10-17(14)26-22(15)32-20/h3-5,7-8,11-12H,2,6,9-10,25H2,1H3,(H,27,28). The predicted molar refractivity (Wildman–Crippen MR) is 130 cm³/mol. The van der Waals surface area contributed by atoms with E-state index in [4.69, 9.17) is 15.5 Å². The van der Waals surface area contributed by atoms with Crippen LogP contribution in [0.25, 0.3) is 21.3 Å². The van der Waals surface area contributed by atoms with Crippen LogP contribution < -0.4 is 11.1 Å². The highest BCUT2D eigenvalue weighted by Gasteiger charge is 2.26. The largest absolute Gasteiger partial charge is 0.462 e. The Balaban J connectivity index is 1.51. The smallest absolute Gasteiger partial charge is 0.341 e. The quantitative estimate of drug-likeness (QED) is 0.380. The molecular formula is C24H21N3O3S2. The van der Waals surface area contributed by atoms with Crippen molar-refractivity contribution >= 4 is 55.5 Å². The van der Waals surface area contributed by atoms with E-state index in [1.54, 1.807) is 6.92 Å². The maximum absolute atomic E-state index is 13.2. The number of nitrogens with zero attached hydrogens (tertiary/aromatic N) is 1. The number of amides is 1. The van der Waals surface area contributed by atoms with Crippen LogP contribution in [-0.2, 0) is 17.6 Å². The molecule has 0 unspecified atom stereocenters. The minimum atomic E-state index is -0.467. The van der Waals surface area contributed by atoms with Crippen LogP contribution in [0.3, 0.4) is 0 Å². The summed E-state index contributed by atoms with van der Waals surface area (Å²) in [5, 5.41) is 6.02. The number of nitrogens with one attached hydrogen (secondary N) is 1. The third-order valence-electron chi connectivity index (χ3n) is 5.54. The van der Waals surface area contributed by atoms with Gasteiger partial charge < -0.3 is 15.8 Å². The van der Waals surface area contributed by atoms with Crippen molar-refractivity contribution in [2.75, 3.05) is 17.7 Å². The van der Waals surface area contributed by atoms with Crippen LogP contribution in [-0.4, -0.2) is 23.5 Å². The average Bonchev–Trinajstić information content (AvgIpc) is 3.50. The molecule has 162 valence electrons. The molecule has 3 N–H and O–H groups in total. The van der Waals surface area contributed by atoms with Gasteiger partial charge in [0.2, 0.25) is 0 Å². The predicted octanol–water partition coefficient (Wildman–Crippen LogP) is 5.52. The van der Waals surface area contributed by atoms with Gasteiger partial charge in [-0.3, -0.25) is 4.79 Å². The minimum Gasteiger partial charge on any atom is -0.462 e. The van der Waals surface area contributed by atoms with Crippen molar-refractivity contribution < 1.29 is 14.3 Å². The van der Waals surface area contributed by atoms with Crippen molar-refractivity contribution in [1.29, 1.82) is 0 Å². The topological polar surface area (TPSA) is 94.3 Å². The Labute approximate surface area is 193 Å². The normalized spacial score (nSPS) is 12.7. The SMILES string of the molecule is CCOC(=O)c1c(-c2ccccc2)csc1NC(=O)c1sc2nc3c(cc2c1N)CCC3. The molecule has 5 rings (SSSR count). The number of pyridine rings is 1. The van der Waals surface area contributed by atoms with E-state index in [1.807, 2.05) is 35.7 Å². The summed E-state index contributed by atoms with van der Waals surface area (Å²) in [7, 11) is 0. The molecule has 0 aliphatic heterocycles. The van der Waals surface area contributed by atoms with Gasteiger partial charge in [0, 0.05) is 22.0 Å². The first-order valence-electron chi connectivity index (χ1n) is 10.4. The van der Waals surface area contributed by atoms with Crippen molar-refractivity contribution in [3.8, 4) is 11.1 Å². The second-order valence-corrected chi connectivity index (χ2v) is 9.42. The molecule has 4 aromatic rings. The molecule has 6 nitrogen and oxygen atoms in total. The average molecular weight is 464 g/mol. The molecule has 0 atom stereocenters. The molecule has 1 aromatic carbocycles. The first-order chi connectivity index (χ1) is 15.6. The summed E-state index contributed by atoms with van der Waals surface area (Å²) in [5.41, 5.74) is 11.1. The Kier molecular flexibility index (Phi) is 5.40. The lowest BCUT2D eigenvalue weighted by molar-refractivity contribution is 0.0529. The number of nitrogen functional groups attached to an aromatic ring is 1. The lowest BCUT2D eigenvalue weighted by atomic mass is 10.0. The van der Waals surface area contributed by atoms with Gasteiger partial charge in [0.1, 0.15) is 20.3 Å². The number of anilines is 2. The van der Waals surface area contributed by atoms with E-state index in [2.05, 4.69) is 11.4 Å². The molecule has 0 saturated heterocycles. The second kappa shape index (κ2) is 8.37. The molecule has 0 bridgehead atoms. The second-order valence-electron chi connectivity index (χ2n) is 7.54. The summed E-state index contributed by atoms with van der Waals surface area (Å²) < 4.78 is 5.28. The number of ether oxygens (including phenoxy) is 1. The fourth-order valence-electron chi connectivity index (χ4n) is 4.01. The Hall–Kier alpha value is -3.23. The third kappa shape index (κ3) is 3.55. The highest BCUT2D eigenvalue weighted by Crippen LogP contribution is 2.39. The van der Waals surface area contributed by atoms with Crippen LogP contribution in [0.5, 0.6) is 0 Å². The van der Waals surface area contributed by atoms with E-state index < -0.39 is 5.97 Å². The van der Waals surface area contributed by atoms with Crippen molar-refractivity contribution in [2.24, 2.45) is 0 Å². The van der Waals surface area contributed by atoms with Crippen LogP contribution in [0.2, 0.25) is 0 Å². The number of carbonyl (C=O) groups excluding carboxylic acids is 2. The molecule has 0 spiro atoms. The van der Waals surface area contributed by atoms with Gasteiger partial charge >= 0.3 is 5.97 Å². The molecule has 1 amide bonds. The highest BCUT2D eigenvalue weighted by atomic mass is 32.1.